The molecule has 12 heteroatoms. The molecule has 0 aliphatic carbocycles. The number of para-hydroxylation sites is 1. The number of pyridine rings is 2. The minimum Gasteiger partial charge on any atom is -0.463 e. The second kappa shape index (κ2) is 11.9. The number of amides is 2. The molecule has 0 saturated carbocycles. The van der Waals surface area contributed by atoms with Gasteiger partial charge < -0.3 is 29.8 Å². The number of nitrogens with one attached hydrogen (secondary N) is 2. The first-order valence-electron chi connectivity index (χ1n) is 15.8. The van der Waals surface area contributed by atoms with Crippen LogP contribution < -0.4 is 16.2 Å². The second-order valence-electron chi connectivity index (χ2n) is 12.0. The van der Waals surface area contributed by atoms with Crippen molar-refractivity contribution in [3.05, 3.63) is 104 Å². The molecule has 12 nitrogen and oxygen atoms in total. The number of benzene rings is 2. The summed E-state index contributed by atoms with van der Waals surface area (Å²) in [6, 6.07) is 15.5. The number of rotatable bonds is 6. The Morgan fingerprint density at radius 2 is 1.92 bits per heavy atom. The predicted octanol–water partition coefficient (Wildman–Crippen LogP) is 4.41. The number of allylic oxidation sites excluding steroid dienone is 1. The van der Waals surface area contributed by atoms with Gasteiger partial charge in [-0.15, -0.1) is 0 Å². The highest BCUT2D eigenvalue weighted by molar-refractivity contribution is 6.03. The largest absolute Gasteiger partial charge is 0.463 e. The van der Waals surface area contributed by atoms with E-state index < -0.39 is 29.6 Å². The van der Waals surface area contributed by atoms with Crippen molar-refractivity contribution in [2.75, 3.05) is 6.61 Å². The molecule has 7 rings (SSSR count). The van der Waals surface area contributed by atoms with Crippen molar-refractivity contribution < 1.29 is 29.0 Å². The van der Waals surface area contributed by atoms with Crippen LogP contribution in [0.15, 0.2) is 75.7 Å². The van der Waals surface area contributed by atoms with E-state index in [1.165, 1.54) is 0 Å². The summed E-state index contributed by atoms with van der Waals surface area (Å²) in [6.07, 6.45) is 1.75. The molecule has 2 unspecified atom stereocenters. The van der Waals surface area contributed by atoms with Crippen molar-refractivity contribution in [1.29, 1.82) is 0 Å². The Morgan fingerprint density at radius 1 is 1.15 bits per heavy atom. The summed E-state index contributed by atoms with van der Waals surface area (Å²) in [5, 5.41) is 17.8. The van der Waals surface area contributed by atoms with Crippen LogP contribution in [0.1, 0.15) is 67.5 Å². The van der Waals surface area contributed by atoms with Crippen molar-refractivity contribution >= 4 is 40.8 Å². The molecule has 0 spiro atoms. The van der Waals surface area contributed by atoms with Crippen LogP contribution in [0.4, 0.5) is 10.5 Å². The van der Waals surface area contributed by atoms with Crippen LogP contribution in [0.5, 0.6) is 0 Å². The standard InChI is InChI=1S/C36H33N5O7/c1-4-36(46)15-29(42)48-18-25-26(36)14-28-32-24(17-41(28)33(25)43)23(22-8-6-7-9-27(22)39-32)16-37-21-12-10-20(11-13-21)31-30(34(44)47-5-2)19(3)38-35(45)40-31/h6-14,16,31,46H,4-5,15,17-18H2,1-3H3,(H2,38,40,45). The molecular weight excluding hydrogens is 614 g/mol. The minimum atomic E-state index is -1.53. The predicted molar refractivity (Wildman–Crippen MR) is 177 cm³/mol. The highest BCUT2D eigenvalue weighted by atomic mass is 16.5. The third-order valence-electron chi connectivity index (χ3n) is 9.23. The summed E-state index contributed by atoms with van der Waals surface area (Å²) >= 11 is 0. The number of cyclic esters (lactones) is 1. The van der Waals surface area contributed by atoms with Crippen molar-refractivity contribution in [2.24, 2.45) is 4.99 Å². The second-order valence-corrected chi connectivity index (χ2v) is 12.0. The van der Waals surface area contributed by atoms with Crippen molar-refractivity contribution in [3.63, 3.8) is 0 Å². The zero-order valence-corrected chi connectivity index (χ0v) is 26.6. The number of aliphatic hydroxyl groups is 1. The van der Waals surface area contributed by atoms with E-state index in [4.69, 9.17) is 19.5 Å². The van der Waals surface area contributed by atoms with Gasteiger partial charge in [-0.3, -0.25) is 14.6 Å². The fraction of sp³-hybridized carbons (Fsp3) is 0.278. The maximum atomic E-state index is 13.9. The van der Waals surface area contributed by atoms with Gasteiger partial charge >= 0.3 is 18.0 Å². The molecule has 2 aromatic heterocycles. The van der Waals surface area contributed by atoms with Gasteiger partial charge in [0.1, 0.15) is 12.2 Å². The monoisotopic (exact) mass is 647 g/mol. The lowest BCUT2D eigenvalue weighted by molar-refractivity contribution is -0.149. The summed E-state index contributed by atoms with van der Waals surface area (Å²) in [5.74, 6) is -1.06. The molecular formula is C36H33N5O7. The van der Waals surface area contributed by atoms with E-state index in [1.54, 1.807) is 61.9 Å². The van der Waals surface area contributed by atoms with Crippen molar-refractivity contribution in [3.8, 4) is 11.4 Å². The van der Waals surface area contributed by atoms with Gasteiger partial charge in [0.05, 0.1) is 59.3 Å². The Balaban J connectivity index is 1.28. The van der Waals surface area contributed by atoms with Crippen molar-refractivity contribution in [1.82, 2.24) is 20.2 Å². The first-order chi connectivity index (χ1) is 23.1. The molecule has 2 atom stereocenters. The number of ether oxygens (including phenoxy) is 2. The van der Waals surface area contributed by atoms with Gasteiger partial charge in [-0.25, -0.2) is 14.6 Å². The fourth-order valence-corrected chi connectivity index (χ4v) is 6.72. The lowest BCUT2D eigenvalue weighted by Crippen LogP contribution is -2.45. The number of carbonyl (C=O) groups excluding carboxylic acids is 3. The number of aliphatic imine (C=N–C) groups is 1. The maximum absolute atomic E-state index is 13.9. The lowest BCUT2D eigenvalue weighted by Gasteiger charge is -2.28. The number of hydrogen-bond acceptors (Lipinski definition) is 9. The van der Waals surface area contributed by atoms with E-state index >= 15 is 0 Å². The van der Waals surface area contributed by atoms with Crippen molar-refractivity contribution in [2.45, 2.75) is 58.4 Å². The Hall–Kier alpha value is -5.62. The molecule has 3 N–H and O–H groups in total. The van der Waals surface area contributed by atoms with Crippen LogP contribution >= 0.6 is 0 Å². The molecule has 3 aliphatic heterocycles. The number of hydrogen-bond donors (Lipinski definition) is 3. The van der Waals surface area contributed by atoms with Gasteiger partial charge in [-0.2, -0.15) is 0 Å². The first kappa shape index (κ1) is 31.0. The molecule has 5 heterocycles. The maximum Gasteiger partial charge on any atom is 0.338 e. The third kappa shape index (κ3) is 5.14. The smallest absolute Gasteiger partial charge is 0.338 e. The van der Waals surface area contributed by atoms with Gasteiger partial charge in [0.15, 0.2) is 0 Å². The van der Waals surface area contributed by atoms with E-state index in [9.17, 15) is 24.3 Å². The van der Waals surface area contributed by atoms with Gasteiger partial charge in [0, 0.05) is 28.4 Å². The zero-order chi connectivity index (χ0) is 33.7. The van der Waals surface area contributed by atoms with Crippen LogP contribution in [0, 0.1) is 0 Å². The number of urea groups is 1. The molecule has 48 heavy (non-hydrogen) atoms. The summed E-state index contributed by atoms with van der Waals surface area (Å²) in [5.41, 5.74) is 4.35. The number of fused-ring (bicyclic) bond motifs is 5. The normalized spacial score (nSPS) is 20.0. The molecule has 0 fully saturated rings. The van der Waals surface area contributed by atoms with Gasteiger partial charge in [-0.05, 0) is 55.7 Å². The summed E-state index contributed by atoms with van der Waals surface area (Å²) in [7, 11) is 0. The number of carbonyl (C=O) groups is 3. The minimum absolute atomic E-state index is 0.204. The van der Waals surface area contributed by atoms with Crippen LogP contribution in [-0.2, 0) is 37.8 Å². The van der Waals surface area contributed by atoms with E-state index in [0.29, 0.717) is 45.0 Å². The van der Waals surface area contributed by atoms with Crippen LogP contribution in [0.3, 0.4) is 0 Å². The fourth-order valence-electron chi connectivity index (χ4n) is 6.72. The number of nitrogens with zero attached hydrogens (tertiary/aromatic N) is 3. The Labute approximate surface area is 275 Å². The molecule has 2 aromatic carbocycles. The summed E-state index contributed by atoms with van der Waals surface area (Å²) in [4.78, 5) is 60.9. The molecule has 2 amide bonds. The van der Waals surface area contributed by atoms with Gasteiger partial charge in [0.25, 0.3) is 5.56 Å². The molecule has 0 saturated heterocycles. The van der Waals surface area contributed by atoms with Gasteiger partial charge in [0.2, 0.25) is 0 Å². The van der Waals surface area contributed by atoms with Gasteiger partial charge in [-0.1, -0.05) is 37.3 Å². The number of aromatic nitrogens is 2. The number of esters is 2. The average Bonchev–Trinajstić information content (AvgIpc) is 3.38. The van der Waals surface area contributed by atoms with Crippen LogP contribution in [0.25, 0.3) is 22.3 Å². The van der Waals surface area contributed by atoms with E-state index in [1.807, 2.05) is 24.3 Å². The molecule has 4 aromatic rings. The molecule has 244 valence electrons. The quantitative estimate of drug-likeness (QED) is 0.180. The Bertz CT molecular complexity index is 2150. The third-order valence-corrected chi connectivity index (χ3v) is 9.23. The van der Waals surface area contributed by atoms with E-state index in [0.717, 1.165) is 16.5 Å². The highest BCUT2D eigenvalue weighted by Gasteiger charge is 2.40. The molecule has 3 aliphatic rings. The first-order valence-corrected chi connectivity index (χ1v) is 15.8. The highest BCUT2D eigenvalue weighted by Crippen LogP contribution is 2.40. The Morgan fingerprint density at radius 3 is 2.67 bits per heavy atom. The average molecular weight is 648 g/mol. The SMILES string of the molecule is CCOC(=O)C1=C(C)NC(=O)NC1c1ccc(N=Cc2c3c(nc4ccccc24)-c2cc4c(c(=O)n2C3)COC(=O)CC4(O)CC)cc1. The Kier molecular flexibility index (Phi) is 7.67. The van der Waals surface area contributed by atoms with E-state index in [-0.39, 0.29) is 43.7 Å². The molecule has 0 bridgehead atoms. The van der Waals surface area contributed by atoms with Crippen LogP contribution in [-0.4, -0.2) is 45.4 Å². The topological polar surface area (TPSA) is 161 Å². The van der Waals surface area contributed by atoms with Crippen LogP contribution in [0.2, 0.25) is 0 Å². The summed E-state index contributed by atoms with van der Waals surface area (Å²) in [6.45, 7) is 5.38. The zero-order valence-electron chi connectivity index (χ0n) is 26.6. The van der Waals surface area contributed by atoms with E-state index in [2.05, 4.69) is 10.6 Å². The molecule has 0 radical (unpaired) electrons. The summed E-state index contributed by atoms with van der Waals surface area (Å²) < 4.78 is 12.2. The lowest BCUT2D eigenvalue weighted by atomic mass is 9.85.